The van der Waals surface area contributed by atoms with Crippen molar-refractivity contribution >= 4 is 0 Å². The summed E-state index contributed by atoms with van der Waals surface area (Å²) in [4.78, 5) is 0. The summed E-state index contributed by atoms with van der Waals surface area (Å²) < 4.78 is 0. The van der Waals surface area contributed by atoms with E-state index in [4.69, 9.17) is 0 Å². The van der Waals surface area contributed by atoms with Gasteiger partial charge < -0.3 is 12.3 Å². The molecule has 0 aliphatic heterocycles. The summed E-state index contributed by atoms with van der Waals surface area (Å²) in [5.41, 5.74) is 1.34. The Morgan fingerprint density at radius 2 is 1.62 bits per heavy atom. The van der Waals surface area contributed by atoms with Crippen LogP contribution in [0.3, 0.4) is 0 Å². The van der Waals surface area contributed by atoms with E-state index in [-0.39, 0.29) is 28.8 Å². The van der Waals surface area contributed by atoms with Crippen molar-refractivity contribution in [2.24, 2.45) is 0 Å². The summed E-state index contributed by atoms with van der Waals surface area (Å²) in [7, 11) is 0. The van der Waals surface area contributed by atoms with Crippen LogP contribution < -0.4 is 0 Å². The van der Waals surface area contributed by atoms with E-state index < -0.39 is 0 Å². The average molecular weight is 224 g/mol. The molecule has 0 amide bonds. The van der Waals surface area contributed by atoms with Gasteiger partial charge in [-0.05, 0) is 0 Å². The molecule has 0 atom stereocenters. The molecular weight excluding hydrogens is 207 g/mol. The van der Waals surface area contributed by atoms with Gasteiger partial charge in [0.25, 0.3) is 0 Å². The Balaban J connectivity index is -0.000000333. The number of hydrogen-bond acceptors (Lipinski definition) is 0. The van der Waals surface area contributed by atoms with Crippen LogP contribution in [0.2, 0.25) is 0 Å². The molecular formula is C10H17N2Ni. The third kappa shape index (κ3) is 7.85. The summed E-state index contributed by atoms with van der Waals surface area (Å²) >= 11 is 0. The molecule has 4 N–H and O–H groups in total. The fourth-order valence-electron chi connectivity index (χ4n) is 0.900. The summed E-state index contributed by atoms with van der Waals surface area (Å²) in [5, 5.41) is 0. The van der Waals surface area contributed by atoms with E-state index in [1.807, 2.05) is 6.07 Å². The van der Waals surface area contributed by atoms with Crippen LogP contribution >= 0.6 is 0 Å². The van der Waals surface area contributed by atoms with Gasteiger partial charge in [0.1, 0.15) is 0 Å². The zero-order chi connectivity index (χ0) is 7.23. The zero-order valence-electron chi connectivity index (χ0n) is 7.85. The monoisotopic (exact) mass is 223 g/mol. The van der Waals surface area contributed by atoms with Crippen LogP contribution in [0.4, 0.5) is 0 Å². The van der Waals surface area contributed by atoms with E-state index in [1.165, 1.54) is 18.4 Å². The minimum absolute atomic E-state index is 0. The fraction of sp³-hybridized carbons (Fsp3) is 0.300. The van der Waals surface area contributed by atoms with Crippen LogP contribution in [-0.4, -0.2) is 0 Å². The molecule has 1 radical (unpaired) electrons. The Kier molecular flexibility index (Phi) is 16.2. The maximum Gasteiger partial charge on any atom is 3.00 e. The SMILES string of the molecule is CCC[CH-]c1ccccc1.[NH2-].[NH2-].[Ni+3]. The number of rotatable bonds is 3. The molecule has 0 saturated carbocycles. The molecule has 1 aromatic rings. The summed E-state index contributed by atoms with van der Waals surface area (Å²) in [6.07, 6.45) is 4.68. The zero-order valence-corrected chi connectivity index (χ0v) is 8.84. The van der Waals surface area contributed by atoms with Gasteiger partial charge in [-0.2, -0.15) is 24.1 Å². The minimum Gasteiger partial charge on any atom is -0.693 e. The molecule has 0 aromatic heterocycles. The van der Waals surface area contributed by atoms with Crippen LogP contribution in [0, 0.1) is 6.42 Å². The maximum atomic E-state index is 2.26. The molecule has 1 aromatic carbocycles. The van der Waals surface area contributed by atoms with Gasteiger partial charge >= 0.3 is 16.5 Å². The van der Waals surface area contributed by atoms with Crippen LogP contribution in [0.5, 0.6) is 0 Å². The largest absolute Gasteiger partial charge is 3.00 e. The van der Waals surface area contributed by atoms with E-state index in [1.54, 1.807) is 0 Å². The van der Waals surface area contributed by atoms with Crippen molar-refractivity contribution in [2.75, 3.05) is 0 Å². The van der Waals surface area contributed by atoms with Crippen LogP contribution in [0.1, 0.15) is 25.3 Å². The number of nitrogens with two attached hydrogens (primary N) is 2. The van der Waals surface area contributed by atoms with Gasteiger partial charge in [0.15, 0.2) is 0 Å². The topological polar surface area (TPSA) is 67.0 Å². The van der Waals surface area contributed by atoms with Crippen LogP contribution in [-0.2, 0) is 16.5 Å². The fourth-order valence-corrected chi connectivity index (χ4v) is 0.900. The Hall–Kier alpha value is -0.496. The molecule has 0 heterocycles. The van der Waals surface area contributed by atoms with E-state index >= 15 is 0 Å². The molecule has 2 nitrogen and oxygen atoms in total. The predicted molar refractivity (Wildman–Crippen MR) is 55.3 cm³/mol. The quantitative estimate of drug-likeness (QED) is 0.536. The molecule has 0 bridgehead atoms. The first-order valence-corrected chi connectivity index (χ1v) is 3.81. The van der Waals surface area contributed by atoms with Gasteiger partial charge in [0, 0.05) is 0 Å². The number of benzene rings is 1. The van der Waals surface area contributed by atoms with Crippen molar-refractivity contribution in [3.05, 3.63) is 54.6 Å². The molecule has 0 spiro atoms. The van der Waals surface area contributed by atoms with Gasteiger partial charge in [-0.25, -0.2) is 0 Å². The van der Waals surface area contributed by atoms with E-state index in [0.29, 0.717) is 0 Å². The molecule has 3 heteroatoms. The van der Waals surface area contributed by atoms with Crippen molar-refractivity contribution in [1.82, 2.24) is 0 Å². The molecule has 0 unspecified atom stereocenters. The van der Waals surface area contributed by atoms with Gasteiger partial charge in [-0.3, -0.25) is 0 Å². The molecule has 0 aliphatic carbocycles. The normalized spacial score (nSPS) is 7.15. The first kappa shape index (κ1) is 18.3. The Morgan fingerprint density at radius 3 is 2.08 bits per heavy atom. The first-order chi connectivity index (χ1) is 4.93. The van der Waals surface area contributed by atoms with E-state index in [2.05, 4.69) is 37.6 Å². The predicted octanol–water partition coefficient (Wildman–Crippen LogP) is 4.47. The molecule has 0 fully saturated rings. The van der Waals surface area contributed by atoms with Crippen molar-refractivity contribution in [3.8, 4) is 0 Å². The maximum absolute atomic E-state index is 2.26. The standard InChI is InChI=1S/C10H13.2H2N.Ni/c1-2-3-7-10-8-5-4-6-9-10;;;/h4-9H,2-3H2,1H3;2*1H2;/q3*-1;+3. The minimum atomic E-state index is 0. The third-order valence-corrected chi connectivity index (χ3v) is 1.47. The second-order valence-corrected chi connectivity index (χ2v) is 2.40. The molecule has 0 aliphatic rings. The number of hydrogen-bond donors (Lipinski definition) is 0. The van der Waals surface area contributed by atoms with Crippen molar-refractivity contribution in [2.45, 2.75) is 19.8 Å². The second-order valence-electron chi connectivity index (χ2n) is 2.40. The summed E-state index contributed by atoms with van der Waals surface area (Å²) in [6.45, 7) is 2.19. The second kappa shape index (κ2) is 11.5. The smallest absolute Gasteiger partial charge is 0.693 e. The van der Waals surface area contributed by atoms with Gasteiger partial charge in [-0.1, -0.05) is 25.8 Å². The number of unbranched alkanes of at least 4 members (excludes halogenated alkanes) is 1. The molecule has 13 heavy (non-hydrogen) atoms. The molecule has 77 valence electrons. The van der Waals surface area contributed by atoms with Crippen LogP contribution in [0.15, 0.2) is 30.3 Å². The molecule has 0 saturated heterocycles. The molecule has 1 rings (SSSR count). The Bertz CT molecular complexity index is 178. The summed E-state index contributed by atoms with van der Waals surface area (Å²) in [6, 6.07) is 10.5. The van der Waals surface area contributed by atoms with Gasteiger partial charge in [-0.15, -0.1) is 12.1 Å². The first-order valence-electron chi connectivity index (χ1n) is 3.81. The van der Waals surface area contributed by atoms with Crippen molar-refractivity contribution in [3.63, 3.8) is 0 Å². The Labute approximate surface area is 91.2 Å². The summed E-state index contributed by atoms with van der Waals surface area (Å²) in [5.74, 6) is 0. The third-order valence-electron chi connectivity index (χ3n) is 1.47. The van der Waals surface area contributed by atoms with Gasteiger partial charge in [0.2, 0.25) is 0 Å². The van der Waals surface area contributed by atoms with Gasteiger partial charge in [0.05, 0.1) is 0 Å². The van der Waals surface area contributed by atoms with Crippen molar-refractivity contribution in [1.29, 1.82) is 0 Å². The average Bonchev–Trinajstić information content (AvgIpc) is 2.03. The van der Waals surface area contributed by atoms with Crippen LogP contribution in [0.25, 0.3) is 12.3 Å². The Morgan fingerprint density at radius 1 is 1.08 bits per heavy atom. The van der Waals surface area contributed by atoms with Crippen molar-refractivity contribution < 1.29 is 16.5 Å². The van der Waals surface area contributed by atoms with E-state index in [9.17, 15) is 0 Å². The van der Waals surface area contributed by atoms with E-state index in [0.717, 1.165) is 0 Å².